The van der Waals surface area contributed by atoms with Crippen molar-refractivity contribution in [3.63, 3.8) is 0 Å². The van der Waals surface area contributed by atoms with Crippen molar-refractivity contribution in [1.29, 1.82) is 0 Å². The maximum Gasteiger partial charge on any atom is 0.228 e. The lowest BCUT2D eigenvalue weighted by Gasteiger charge is -2.04. The van der Waals surface area contributed by atoms with E-state index in [9.17, 15) is 8.42 Å². The van der Waals surface area contributed by atoms with Crippen LogP contribution in [0.4, 0.5) is 0 Å². The maximum atomic E-state index is 11.3. The van der Waals surface area contributed by atoms with Crippen LogP contribution in [0.5, 0.6) is 0 Å². The Morgan fingerprint density at radius 1 is 1.56 bits per heavy atom. The molecule has 102 valence electrons. The van der Waals surface area contributed by atoms with E-state index in [0.717, 1.165) is 0 Å². The van der Waals surface area contributed by atoms with E-state index in [2.05, 4.69) is 15.5 Å². The van der Waals surface area contributed by atoms with Gasteiger partial charge in [0.1, 0.15) is 0 Å². The summed E-state index contributed by atoms with van der Waals surface area (Å²) in [5.41, 5.74) is 0. The molecule has 0 saturated carbocycles. The van der Waals surface area contributed by atoms with Crippen LogP contribution in [-0.2, 0) is 22.7 Å². The number of nitrogens with zero attached hydrogens (tertiary/aromatic N) is 2. The molecule has 2 unspecified atom stereocenters. The molecule has 0 amide bonds. The Morgan fingerprint density at radius 3 is 2.94 bits per heavy atom. The van der Waals surface area contributed by atoms with Gasteiger partial charge in [-0.2, -0.15) is 4.98 Å². The van der Waals surface area contributed by atoms with Gasteiger partial charge in [-0.1, -0.05) is 5.16 Å². The molecule has 18 heavy (non-hydrogen) atoms. The monoisotopic (exact) mass is 273 g/mol. The normalized spacial score (nSPS) is 24.2. The topological polar surface area (TPSA) is 85.1 Å². The predicted octanol–water partition coefficient (Wildman–Crippen LogP) is 0.197. The first-order valence-electron chi connectivity index (χ1n) is 6.17. The minimum atomic E-state index is -2.83. The van der Waals surface area contributed by atoms with E-state index in [1.807, 2.05) is 14.0 Å². The Bertz CT molecular complexity index is 497. The molecule has 1 saturated heterocycles. The Kier molecular flexibility index (Phi) is 4.01. The summed E-state index contributed by atoms with van der Waals surface area (Å²) in [7, 11) is -0.948. The highest BCUT2D eigenvalue weighted by Gasteiger charge is 2.29. The molecule has 2 rings (SSSR count). The molecule has 0 aliphatic carbocycles. The molecule has 1 aromatic rings. The van der Waals surface area contributed by atoms with E-state index in [1.54, 1.807) is 0 Å². The summed E-state index contributed by atoms with van der Waals surface area (Å²) in [4.78, 5) is 4.30. The standard InChI is InChI=1S/C11H19N3O3S/c1-8(12-2)5-11-13-10(14-17-11)6-9-3-4-18(15,16)7-9/h8-9,12H,3-7H2,1-2H3. The molecule has 1 aromatic heterocycles. The minimum Gasteiger partial charge on any atom is -0.339 e. The number of sulfone groups is 1. The minimum absolute atomic E-state index is 0.141. The molecule has 6 nitrogen and oxygen atoms in total. The molecule has 1 aliphatic heterocycles. The highest BCUT2D eigenvalue weighted by Crippen LogP contribution is 2.21. The molecule has 1 aliphatic rings. The van der Waals surface area contributed by atoms with E-state index < -0.39 is 9.84 Å². The lowest BCUT2D eigenvalue weighted by atomic mass is 10.1. The average Bonchev–Trinajstić information content (AvgIpc) is 2.86. The Labute approximate surface area is 107 Å². The molecule has 7 heteroatoms. The largest absolute Gasteiger partial charge is 0.339 e. The van der Waals surface area contributed by atoms with Crippen molar-refractivity contribution in [2.45, 2.75) is 32.2 Å². The molecular formula is C11H19N3O3S. The van der Waals surface area contributed by atoms with Crippen LogP contribution in [0.15, 0.2) is 4.52 Å². The van der Waals surface area contributed by atoms with Gasteiger partial charge < -0.3 is 9.84 Å². The van der Waals surface area contributed by atoms with Gasteiger partial charge in [0.05, 0.1) is 11.5 Å². The number of nitrogens with one attached hydrogen (secondary N) is 1. The van der Waals surface area contributed by atoms with Crippen molar-refractivity contribution in [3.8, 4) is 0 Å². The van der Waals surface area contributed by atoms with Gasteiger partial charge in [0, 0.05) is 18.9 Å². The first-order chi connectivity index (χ1) is 8.48. The van der Waals surface area contributed by atoms with Crippen LogP contribution < -0.4 is 5.32 Å². The van der Waals surface area contributed by atoms with Crippen LogP contribution in [0.2, 0.25) is 0 Å². The molecule has 1 N–H and O–H groups in total. The predicted molar refractivity (Wildman–Crippen MR) is 67.0 cm³/mol. The van der Waals surface area contributed by atoms with Gasteiger partial charge in [0.25, 0.3) is 0 Å². The van der Waals surface area contributed by atoms with Crippen molar-refractivity contribution >= 4 is 9.84 Å². The zero-order valence-corrected chi connectivity index (χ0v) is 11.5. The maximum absolute atomic E-state index is 11.3. The second kappa shape index (κ2) is 5.36. The van der Waals surface area contributed by atoms with E-state index in [4.69, 9.17) is 4.52 Å². The lowest BCUT2D eigenvalue weighted by Crippen LogP contribution is -2.23. The second-order valence-electron chi connectivity index (χ2n) is 4.97. The van der Waals surface area contributed by atoms with Gasteiger partial charge in [-0.15, -0.1) is 0 Å². The fourth-order valence-electron chi connectivity index (χ4n) is 2.11. The summed E-state index contributed by atoms with van der Waals surface area (Å²) in [6.45, 7) is 2.04. The van der Waals surface area contributed by atoms with Crippen LogP contribution in [0.3, 0.4) is 0 Å². The summed E-state index contributed by atoms with van der Waals surface area (Å²) in [6.07, 6.45) is 1.99. The summed E-state index contributed by atoms with van der Waals surface area (Å²) in [5.74, 6) is 1.91. The van der Waals surface area contributed by atoms with E-state index in [1.165, 1.54) is 0 Å². The first kappa shape index (κ1) is 13.5. The van der Waals surface area contributed by atoms with Crippen LogP contribution in [0, 0.1) is 5.92 Å². The van der Waals surface area contributed by atoms with E-state index >= 15 is 0 Å². The van der Waals surface area contributed by atoms with Crippen LogP contribution in [0.25, 0.3) is 0 Å². The number of likely N-dealkylation sites (N-methyl/N-ethyl adjacent to an activating group) is 1. The van der Waals surface area contributed by atoms with Gasteiger partial charge >= 0.3 is 0 Å². The summed E-state index contributed by atoms with van der Waals surface area (Å²) < 4.78 is 27.8. The van der Waals surface area contributed by atoms with Gasteiger partial charge in [0.2, 0.25) is 5.89 Å². The highest BCUT2D eigenvalue weighted by atomic mass is 32.2. The third-order valence-corrected chi connectivity index (χ3v) is 5.12. The smallest absolute Gasteiger partial charge is 0.228 e. The zero-order chi connectivity index (χ0) is 13.2. The first-order valence-corrected chi connectivity index (χ1v) is 8.00. The second-order valence-corrected chi connectivity index (χ2v) is 7.20. The Morgan fingerprint density at radius 2 is 2.33 bits per heavy atom. The van der Waals surface area contributed by atoms with Crippen molar-refractivity contribution in [2.24, 2.45) is 5.92 Å². The fraction of sp³-hybridized carbons (Fsp3) is 0.818. The van der Waals surface area contributed by atoms with Crippen LogP contribution >= 0.6 is 0 Å². The highest BCUT2D eigenvalue weighted by molar-refractivity contribution is 7.91. The van der Waals surface area contributed by atoms with Crippen molar-refractivity contribution in [3.05, 3.63) is 11.7 Å². The van der Waals surface area contributed by atoms with Crippen molar-refractivity contribution < 1.29 is 12.9 Å². The van der Waals surface area contributed by atoms with Gasteiger partial charge in [-0.05, 0) is 26.3 Å². The number of hydrogen-bond donors (Lipinski definition) is 1. The zero-order valence-electron chi connectivity index (χ0n) is 10.7. The molecular weight excluding hydrogens is 254 g/mol. The Balaban J connectivity index is 1.91. The SMILES string of the molecule is CNC(C)Cc1nc(CC2CCS(=O)(=O)C2)no1. The molecule has 2 atom stereocenters. The number of rotatable bonds is 5. The van der Waals surface area contributed by atoms with Gasteiger partial charge in [-0.3, -0.25) is 0 Å². The van der Waals surface area contributed by atoms with Gasteiger partial charge in [0.15, 0.2) is 15.7 Å². The van der Waals surface area contributed by atoms with E-state index in [0.29, 0.717) is 36.7 Å². The average molecular weight is 273 g/mol. The number of hydrogen-bond acceptors (Lipinski definition) is 6. The van der Waals surface area contributed by atoms with Crippen molar-refractivity contribution in [1.82, 2.24) is 15.5 Å². The van der Waals surface area contributed by atoms with Crippen molar-refractivity contribution in [2.75, 3.05) is 18.6 Å². The van der Waals surface area contributed by atoms with Crippen LogP contribution in [0.1, 0.15) is 25.1 Å². The molecule has 0 aromatic carbocycles. The quantitative estimate of drug-likeness (QED) is 0.824. The molecule has 0 bridgehead atoms. The van der Waals surface area contributed by atoms with Gasteiger partial charge in [-0.25, -0.2) is 8.42 Å². The lowest BCUT2D eigenvalue weighted by molar-refractivity contribution is 0.358. The molecule has 0 radical (unpaired) electrons. The Hall–Kier alpha value is -0.950. The molecule has 1 fully saturated rings. The third kappa shape index (κ3) is 3.52. The summed E-state index contributed by atoms with van der Waals surface area (Å²) >= 11 is 0. The summed E-state index contributed by atoms with van der Waals surface area (Å²) in [6, 6.07) is 0.283. The fourth-order valence-corrected chi connectivity index (χ4v) is 3.97. The molecule has 2 heterocycles. The molecule has 0 spiro atoms. The number of aromatic nitrogens is 2. The van der Waals surface area contributed by atoms with Crippen LogP contribution in [-0.4, -0.2) is 43.2 Å². The summed E-state index contributed by atoms with van der Waals surface area (Å²) in [5, 5.41) is 7.01. The van der Waals surface area contributed by atoms with E-state index in [-0.39, 0.29) is 17.7 Å². The third-order valence-electron chi connectivity index (χ3n) is 3.28.